The number of carbonyl (C=O) groups is 1. The number of amides is 1. The van der Waals surface area contributed by atoms with Crippen LogP contribution < -0.4 is 5.31 Å². The Balaban J connectivity index is 4.21. The van der Waals surface area contributed by atoms with Gasteiger partial charge in [-0.25, -0.2) is 0 Å². The molecule has 1 amide bonds. The van der Waals surface area contributed by atoms with E-state index in [1.54, 1.807) is 20.8 Å². The van der Waals surface area contributed by atoms with E-state index in [1.807, 2.05) is 0 Å². The number of nitrogens with one attached hydrogen (secondary N) is 1. The van der Waals surface area contributed by atoms with Gasteiger partial charge in [-0.1, -0.05) is 6.58 Å². The van der Waals surface area contributed by atoms with Crippen LogP contribution in [0.4, 0.5) is 0 Å². The zero-order chi connectivity index (χ0) is 8.36. The van der Waals surface area contributed by atoms with Crippen molar-refractivity contribution in [3.05, 3.63) is 12.7 Å². The van der Waals surface area contributed by atoms with E-state index in [0.29, 0.717) is 0 Å². The van der Waals surface area contributed by atoms with E-state index in [9.17, 15) is 4.79 Å². The monoisotopic (exact) mass is 128 g/mol. The van der Waals surface area contributed by atoms with Gasteiger partial charge < -0.3 is 5.31 Å². The van der Waals surface area contributed by atoms with Crippen LogP contribution in [0.25, 0.3) is 0 Å². The van der Waals surface area contributed by atoms with Crippen LogP contribution in [0.15, 0.2) is 12.7 Å². The molecule has 0 radical (unpaired) electrons. The van der Waals surface area contributed by atoms with Crippen LogP contribution in [0.1, 0.15) is 20.8 Å². The van der Waals surface area contributed by atoms with Crippen molar-refractivity contribution in [2.45, 2.75) is 26.3 Å². The first kappa shape index (κ1) is 6.33. The SMILES string of the molecule is [2H]N(C(=O)C=C)C(C)(C)C. The second-order valence-electron chi connectivity index (χ2n) is 2.82. The highest BCUT2D eigenvalue weighted by Crippen LogP contribution is 1.97. The van der Waals surface area contributed by atoms with Crippen LogP contribution in [-0.4, -0.2) is 11.4 Å². The van der Waals surface area contributed by atoms with E-state index in [0.717, 1.165) is 11.4 Å². The number of carbonyl (C=O) groups excluding carboxylic acids is 1. The van der Waals surface area contributed by atoms with Gasteiger partial charge in [0.2, 0.25) is 5.91 Å². The molecule has 9 heavy (non-hydrogen) atoms. The largest absolute Gasteiger partial charge is 0.348 e. The number of hydrogen-bond donors (Lipinski definition) is 1. The zero-order valence-corrected chi connectivity index (χ0v) is 6.14. The molecule has 0 atom stereocenters. The molecule has 0 spiro atoms. The molecule has 2 heteroatoms. The van der Waals surface area contributed by atoms with Crippen molar-refractivity contribution < 1.29 is 6.21 Å². The van der Waals surface area contributed by atoms with Crippen LogP contribution in [0.5, 0.6) is 0 Å². The summed E-state index contributed by atoms with van der Waals surface area (Å²) in [5.74, 6) is -0.368. The summed E-state index contributed by atoms with van der Waals surface area (Å²) >= 11 is 0. The highest BCUT2D eigenvalue weighted by molar-refractivity contribution is 5.87. The van der Waals surface area contributed by atoms with E-state index in [4.69, 9.17) is 1.41 Å². The summed E-state index contributed by atoms with van der Waals surface area (Å²) in [6, 6.07) is 0. The predicted molar refractivity (Wildman–Crippen MR) is 38.1 cm³/mol. The second kappa shape index (κ2) is 2.67. The van der Waals surface area contributed by atoms with E-state index in [2.05, 4.69) is 6.58 Å². The quantitative estimate of drug-likeness (QED) is 0.526. The van der Waals surface area contributed by atoms with Gasteiger partial charge in [-0.15, -0.1) is 0 Å². The molecule has 2 nitrogen and oxygen atoms in total. The fourth-order valence-electron chi connectivity index (χ4n) is 0.376. The minimum Gasteiger partial charge on any atom is -0.348 e. The Labute approximate surface area is 57.4 Å². The maximum Gasteiger partial charge on any atom is 0.243 e. The normalized spacial score (nSPS) is 12.1. The highest BCUT2D eigenvalue weighted by atomic mass is 16.1. The highest BCUT2D eigenvalue weighted by Gasteiger charge is 2.10. The molecule has 0 aliphatic rings. The molecule has 0 aliphatic carbocycles. The standard InChI is InChI=1S/C7H13NO/c1-5-6(9)8-7(2,3)4/h5H,1H2,2-4H3,(H,8,9)/i/hD. The molecular weight excluding hydrogens is 114 g/mol. The second-order valence-corrected chi connectivity index (χ2v) is 2.82. The molecule has 0 rings (SSSR count). The van der Waals surface area contributed by atoms with Crippen molar-refractivity contribution >= 4 is 5.91 Å². The molecule has 0 fully saturated rings. The Morgan fingerprint density at radius 2 is 2.22 bits per heavy atom. The number of rotatable bonds is 1. The van der Waals surface area contributed by atoms with Crippen molar-refractivity contribution in [3.8, 4) is 0 Å². The summed E-state index contributed by atoms with van der Waals surface area (Å²) in [6.45, 7) is 8.66. The predicted octanol–water partition coefficient (Wildman–Crippen LogP) is 1.09. The molecule has 1 N–H and O–H groups in total. The van der Waals surface area contributed by atoms with E-state index < -0.39 is 5.54 Å². The smallest absolute Gasteiger partial charge is 0.243 e. The molecule has 0 heterocycles. The van der Waals surface area contributed by atoms with Crippen molar-refractivity contribution in [3.63, 3.8) is 0 Å². The fraction of sp³-hybridized carbons (Fsp3) is 0.571. The first-order chi connectivity index (χ1) is 4.39. The summed E-state index contributed by atoms with van der Waals surface area (Å²) in [5.41, 5.74) is -0.439. The maximum atomic E-state index is 10.8. The summed E-state index contributed by atoms with van der Waals surface area (Å²) < 4.78 is 7.24. The van der Waals surface area contributed by atoms with Crippen LogP contribution in [0.3, 0.4) is 0 Å². The molecular formula is C7H13NO. The summed E-state index contributed by atoms with van der Waals surface area (Å²) in [6.07, 6.45) is 1.14. The van der Waals surface area contributed by atoms with Crippen molar-refractivity contribution in [1.29, 1.82) is 0 Å². The van der Waals surface area contributed by atoms with Crippen LogP contribution in [0, 0.1) is 0 Å². The Hall–Kier alpha value is -0.790. The van der Waals surface area contributed by atoms with E-state index >= 15 is 0 Å². The van der Waals surface area contributed by atoms with Gasteiger partial charge in [0, 0.05) is 5.54 Å². The molecule has 0 bridgehead atoms. The van der Waals surface area contributed by atoms with Crippen LogP contribution in [0.2, 0.25) is 1.41 Å². The molecule has 0 saturated carbocycles. The van der Waals surface area contributed by atoms with Crippen molar-refractivity contribution in [1.82, 2.24) is 5.31 Å². The van der Waals surface area contributed by atoms with Gasteiger partial charge >= 0.3 is 0 Å². The van der Waals surface area contributed by atoms with Gasteiger partial charge in [0.25, 0.3) is 0 Å². The first-order valence-corrected chi connectivity index (χ1v) is 2.85. The summed E-state index contributed by atoms with van der Waals surface area (Å²) in [7, 11) is 0. The molecule has 0 aromatic rings. The molecule has 0 aromatic heterocycles. The summed E-state index contributed by atoms with van der Waals surface area (Å²) in [5, 5.41) is 0.903. The van der Waals surface area contributed by atoms with E-state index in [-0.39, 0.29) is 5.91 Å². The van der Waals surface area contributed by atoms with Gasteiger partial charge in [0.1, 0.15) is 0 Å². The third-order valence-electron chi connectivity index (χ3n) is 0.620. The van der Waals surface area contributed by atoms with Gasteiger partial charge in [0.15, 0.2) is 1.41 Å². The minimum atomic E-state index is -0.439. The lowest BCUT2D eigenvalue weighted by Gasteiger charge is -2.18. The topological polar surface area (TPSA) is 29.1 Å². The van der Waals surface area contributed by atoms with Gasteiger partial charge in [-0.3, -0.25) is 4.79 Å². The lowest BCUT2D eigenvalue weighted by Crippen LogP contribution is -2.39. The molecule has 52 valence electrons. The third kappa shape index (κ3) is 5.07. The van der Waals surface area contributed by atoms with E-state index in [1.165, 1.54) is 0 Å². The Morgan fingerprint density at radius 3 is 2.33 bits per heavy atom. The minimum absolute atomic E-state index is 0.368. The fourth-order valence-corrected chi connectivity index (χ4v) is 0.376. The van der Waals surface area contributed by atoms with Crippen LogP contribution >= 0.6 is 0 Å². The van der Waals surface area contributed by atoms with Crippen molar-refractivity contribution in [2.75, 3.05) is 0 Å². The lowest BCUT2D eigenvalue weighted by molar-refractivity contribution is -0.117. The van der Waals surface area contributed by atoms with Gasteiger partial charge in [-0.2, -0.15) is 0 Å². The van der Waals surface area contributed by atoms with Gasteiger partial charge in [0.05, 0.1) is 0 Å². The Bertz CT molecular complexity index is 148. The first-order valence-electron chi connectivity index (χ1n) is 3.30. The van der Waals surface area contributed by atoms with Crippen LogP contribution in [-0.2, 0) is 4.79 Å². The molecule has 0 saturated heterocycles. The Kier molecular flexibility index (Phi) is 1.88. The maximum absolute atomic E-state index is 10.8. The molecule has 0 unspecified atom stereocenters. The van der Waals surface area contributed by atoms with Crippen molar-refractivity contribution in [2.24, 2.45) is 0 Å². The molecule has 0 aromatic carbocycles. The zero-order valence-electron chi connectivity index (χ0n) is 7.14. The summed E-state index contributed by atoms with van der Waals surface area (Å²) in [4.78, 5) is 10.8. The third-order valence-corrected chi connectivity index (χ3v) is 0.620. The average Bonchev–Trinajstić information content (AvgIpc) is 1.83. The lowest BCUT2D eigenvalue weighted by atomic mass is 10.1. The average molecular weight is 128 g/mol. The van der Waals surface area contributed by atoms with Gasteiger partial charge in [-0.05, 0) is 26.8 Å². The number of hydrogen-bond acceptors (Lipinski definition) is 1. The Morgan fingerprint density at radius 1 is 1.78 bits per heavy atom. The molecule has 0 aliphatic heterocycles.